The average molecular weight is 429 g/mol. The van der Waals surface area contributed by atoms with Crippen LogP contribution in [0.15, 0.2) is 53.0 Å². The lowest BCUT2D eigenvalue weighted by atomic mass is 9.88. The highest BCUT2D eigenvalue weighted by Crippen LogP contribution is 2.26. The Bertz CT molecular complexity index is 814. The second-order valence-corrected chi connectivity index (χ2v) is 8.04. The largest absolute Gasteiger partial charge is 0.324 e. The number of hydrogen-bond donors (Lipinski definition) is 1. The Hall–Kier alpha value is -1.98. The standard InChI is InChI=1S/C22H25BrN2O2/c1-15-8-9-20(19(23)14-15)24-22(27)16(2)25-12-10-18(11-13-25)21(26)17-6-4-3-5-7-17/h3-9,14,16,18H,10-13H2,1-2H3,(H,24,27). The molecule has 2 aromatic carbocycles. The summed E-state index contributed by atoms with van der Waals surface area (Å²) in [5, 5.41) is 3.00. The zero-order chi connectivity index (χ0) is 19.4. The fourth-order valence-electron chi connectivity index (χ4n) is 3.51. The van der Waals surface area contributed by atoms with Crippen LogP contribution in [-0.2, 0) is 4.79 Å². The van der Waals surface area contributed by atoms with Crippen molar-refractivity contribution in [3.05, 3.63) is 64.1 Å². The van der Waals surface area contributed by atoms with Crippen molar-refractivity contribution >= 4 is 33.3 Å². The Morgan fingerprint density at radius 2 is 1.78 bits per heavy atom. The molecule has 4 nitrogen and oxygen atoms in total. The normalized spacial score (nSPS) is 16.7. The number of nitrogens with one attached hydrogen (secondary N) is 1. The summed E-state index contributed by atoms with van der Waals surface area (Å²) in [6.07, 6.45) is 1.58. The van der Waals surface area contributed by atoms with Gasteiger partial charge in [0, 0.05) is 16.0 Å². The van der Waals surface area contributed by atoms with Gasteiger partial charge in [0.15, 0.2) is 5.78 Å². The lowest BCUT2D eigenvalue weighted by molar-refractivity contribution is -0.121. The van der Waals surface area contributed by atoms with E-state index in [4.69, 9.17) is 0 Å². The highest BCUT2D eigenvalue weighted by Gasteiger charge is 2.30. The van der Waals surface area contributed by atoms with Gasteiger partial charge in [-0.1, -0.05) is 36.4 Å². The number of carbonyl (C=O) groups is 2. The minimum atomic E-state index is -0.231. The summed E-state index contributed by atoms with van der Waals surface area (Å²) in [6, 6.07) is 15.1. The first-order valence-corrected chi connectivity index (χ1v) is 10.2. The summed E-state index contributed by atoms with van der Waals surface area (Å²) >= 11 is 3.50. The number of hydrogen-bond acceptors (Lipinski definition) is 3. The van der Waals surface area contributed by atoms with Crippen molar-refractivity contribution in [2.24, 2.45) is 5.92 Å². The summed E-state index contributed by atoms with van der Waals surface area (Å²) in [5.74, 6) is 0.244. The number of anilines is 1. The third-order valence-electron chi connectivity index (χ3n) is 5.27. The van der Waals surface area contributed by atoms with Crippen molar-refractivity contribution in [2.45, 2.75) is 32.7 Å². The van der Waals surface area contributed by atoms with Crippen LogP contribution in [0, 0.1) is 12.8 Å². The van der Waals surface area contributed by atoms with E-state index in [9.17, 15) is 9.59 Å². The van der Waals surface area contributed by atoms with Crippen LogP contribution in [-0.4, -0.2) is 35.7 Å². The van der Waals surface area contributed by atoms with Gasteiger partial charge in [0.25, 0.3) is 0 Å². The monoisotopic (exact) mass is 428 g/mol. The molecule has 1 heterocycles. The Morgan fingerprint density at radius 1 is 1.11 bits per heavy atom. The SMILES string of the molecule is Cc1ccc(NC(=O)C(C)N2CCC(C(=O)c3ccccc3)CC2)c(Br)c1. The van der Waals surface area contributed by atoms with Gasteiger partial charge in [-0.15, -0.1) is 0 Å². The molecular formula is C22H25BrN2O2. The van der Waals surface area contributed by atoms with Gasteiger partial charge in [0.2, 0.25) is 5.91 Å². The van der Waals surface area contributed by atoms with Gasteiger partial charge >= 0.3 is 0 Å². The molecule has 2 aromatic rings. The van der Waals surface area contributed by atoms with Crippen molar-refractivity contribution in [2.75, 3.05) is 18.4 Å². The molecule has 1 amide bonds. The summed E-state index contributed by atoms with van der Waals surface area (Å²) in [7, 11) is 0. The maximum atomic E-state index is 12.6. The minimum absolute atomic E-state index is 0.0209. The number of carbonyl (C=O) groups excluding carboxylic acids is 2. The van der Waals surface area contributed by atoms with Crippen LogP contribution in [0.4, 0.5) is 5.69 Å². The van der Waals surface area contributed by atoms with Crippen LogP contribution in [0.25, 0.3) is 0 Å². The maximum absolute atomic E-state index is 12.6. The third kappa shape index (κ3) is 4.85. The zero-order valence-electron chi connectivity index (χ0n) is 15.7. The van der Waals surface area contributed by atoms with E-state index in [-0.39, 0.29) is 23.7 Å². The molecule has 1 unspecified atom stereocenters. The predicted molar refractivity (Wildman–Crippen MR) is 112 cm³/mol. The van der Waals surface area contributed by atoms with Crippen molar-refractivity contribution in [3.8, 4) is 0 Å². The fraction of sp³-hybridized carbons (Fsp3) is 0.364. The number of piperidine rings is 1. The highest BCUT2D eigenvalue weighted by atomic mass is 79.9. The van der Waals surface area contributed by atoms with Gasteiger partial charge in [-0.3, -0.25) is 14.5 Å². The van der Waals surface area contributed by atoms with Gasteiger partial charge in [-0.25, -0.2) is 0 Å². The smallest absolute Gasteiger partial charge is 0.241 e. The molecule has 0 saturated carbocycles. The second-order valence-electron chi connectivity index (χ2n) is 7.19. The van der Waals surface area contributed by atoms with Gasteiger partial charge in [-0.2, -0.15) is 0 Å². The minimum Gasteiger partial charge on any atom is -0.324 e. The molecule has 3 rings (SSSR count). The molecule has 1 aliphatic heterocycles. The second kappa shape index (κ2) is 8.81. The molecule has 1 saturated heterocycles. The molecule has 1 fully saturated rings. The summed E-state index contributed by atoms with van der Waals surface area (Å²) < 4.78 is 0.884. The molecule has 0 spiro atoms. The van der Waals surface area contributed by atoms with Crippen LogP contribution < -0.4 is 5.32 Å². The van der Waals surface area contributed by atoms with Crippen LogP contribution in [0.5, 0.6) is 0 Å². The van der Waals surface area contributed by atoms with Crippen molar-refractivity contribution in [1.29, 1.82) is 0 Å². The van der Waals surface area contributed by atoms with E-state index < -0.39 is 0 Å². The Kier molecular flexibility index (Phi) is 6.45. The van der Waals surface area contributed by atoms with Crippen molar-refractivity contribution in [1.82, 2.24) is 4.90 Å². The number of nitrogens with zero attached hydrogens (tertiary/aromatic N) is 1. The van der Waals surface area contributed by atoms with E-state index in [0.29, 0.717) is 0 Å². The number of rotatable bonds is 5. The fourth-order valence-corrected chi connectivity index (χ4v) is 4.10. The first kappa shape index (κ1) is 19.8. The molecule has 0 bridgehead atoms. The maximum Gasteiger partial charge on any atom is 0.241 e. The van der Waals surface area contributed by atoms with E-state index in [2.05, 4.69) is 26.1 Å². The Morgan fingerprint density at radius 3 is 2.41 bits per heavy atom. The summed E-state index contributed by atoms with van der Waals surface area (Å²) in [4.78, 5) is 27.4. The van der Waals surface area contributed by atoms with E-state index in [1.54, 1.807) is 0 Å². The summed E-state index contributed by atoms with van der Waals surface area (Å²) in [6.45, 7) is 5.45. The van der Waals surface area contributed by atoms with Crippen LogP contribution in [0.3, 0.4) is 0 Å². The molecule has 142 valence electrons. The zero-order valence-corrected chi connectivity index (χ0v) is 17.3. The average Bonchev–Trinajstić information content (AvgIpc) is 2.69. The van der Waals surface area contributed by atoms with E-state index >= 15 is 0 Å². The van der Waals surface area contributed by atoms with Crippen LogP contribution in [0.2, 0.25) is 0 Å². The Balaban J connectivity index is 1.55. The van der Waals surface area contributed by atoms with Gasteiger partial charge < -0.3 is 5.32 Å². The van der Waals surface area contributed by atoms with E-state index in [0.717, 1.165) is 47.2 Å². The molecule has 0 radical (unpaired) electrons. The summed E-state index contributed by atoms with van der Waals surface area (Å²) in [5.41, 5.74) is 2.70. The molecular weight excluding hydrogens is 404 g/mol. The van der Waals surface area contributed by atoms with E-state index in [1.807, 2.05) is 62.4 Å². The number of amides is 1. The first-order chi connectivity index (χ1) is 13.0. The van der Waals surface area contributed by atoms with Crippen molar-refractivity contribution in [3.63, 3.8) is 0 Å². The predicted octanol–water partition coefficient (Wildman–Crippen LogP) is 4.68. The lowest BCUT2D eigenvalue weighted by Crippen LogP contribution is -2.47. The topological polar surface area (TPSA) is 49.4 Å². The molecule has 27 heavy (non-hydrogen) atoms. The molecule has 1 aliphatic rings. The molecule has 1 atom stereocenters. The first-order valence-electron chi connectivity index (χ1n) is 9.36. The van der Waals surface area contributed by atoms with Gasteiger partial charge in [-0.05, 0) is 73.4 Å². The molecule has 0 aliphatic carbocycles. The van der Waals surface area contributed by atoms with Gasteiger partial charge in [0.05, 0.1) is 11.7 Å². The van der Waals surface area contributed by atoms with Crippen LogP contribution >= 0.6 is 15.9 Å². The van der Waals surface area contributed by atoms with Gasteiger partial charge in [0.1, 0.15) is 0 Å². The number of aryl methyl sites for hydroxylation is 1. The number of Topliss-reactive ketones (excluding diaryl/α,β-unsaturated/α-hetero) is 1. The molecule has 1 N–H and O–H groups in total. The molecule has 5 heteroatoms. The number of halogens is 1. The Labute approximate surface area is 169 Å². The quantitative estimate of drug-likeness (QED) is 0.703. The van der Waals surface area contributed by atoms with Crippen LogP contribution in [0.1, 0.15) is 35.7 Å². The van der Waals surface area contributed by atoms with Crippen molar-refractivity contribution < 1.29 is 9.59 Å². The van der Waals surface area contributed by atoms with E-state index in [1.165, 1.54) is 0 Å². The number of benzene rings is 2. The highest BCUT2D eigenvalue weighted by molar-refractivity contribution is 9.10. The molecule has 0 aromatic heterocycles. The third-order valence-corrected chi connectivity index (χ3v) is 5.92. The number of likely N-dealkylation sites (tertiary alicyclic amines) is 1. The lowest BCUT2D eigenvalue weighted by Gasteiger charge is -2.34. The number of ketones is 1.